The van der Waals surface area contributed by atoms with Gasteiger partial charge in [0, 0.05) is 7.05 Å². The summed E-state index contributed by atoms with van der Waals surface area (Å²) in [5.41, 5.74) is 2.98. The zero-order valence-corrected chi connectivity index (χ0v) is 7.55. The van der Waals surface area contributed by atoms with Crippen LogP contribution in [0.3, 0.4) is 0 Å². The van der Waals surface area contributed by atoms with Gasteiger partial charge in [0.1, 0.15) is 0 Å². The van der Waals surface area contributed by atoms with Gasteiger partial charge in [0.05, 0.1) is 6.04 Å². The van der Waals surface area contributed by atoms with Crippen molar-refractivity contribution in [2.75, 3.05) is 7.05 Å². The van der Waals surface area contributed by atoms with Crippen molar-refractivity contribution in [1.82, 2.24) is 10.4 Å². The topological polar surface area (TPSA) is 35.5 Å². The second-order valence-corrected chi connectivity index (χ2v) is 4.09. The first-order valence-corrected chi connectivity index (χ1v) is 3.81. The van der Waals surface area contributed by atoms with E-state index in [0.717, 1.165) is 0 Å². The van der Waals surface area contributed by atoms with Crippen LogP contribution in [-0.4, -0.2) is 23.2 Å². The molecule has 0 amide bonds. The monoisotopic (exact) mass is 156 g/mol. The number of nitrogens with zero attached hydrogens (tertiary/aromatic N) is 1. The maximum absolute atomic E-state index is 9.14. The Morgan fingerprint density at radius 2 is 2.09 bits per heavy atom. The molecule has 11 heavy (non-hydrogen) atoms. The molecule has 1 atom stereocenters. The first-order valence-electron chi connectivity index (χ1n) is 3.81. The van der Waals surface area contributed by atoms with Crippen LogP contribution in [0.15, 0.2) is 12.0 Å². The van der Waals surface area contributed by atoms with Crippen molar-refractivity contribution in [1.29, 1.82) is 0 Å². The predicted molar refractivity (Wildman–Crippen MR) is 44.9 cm³/mol. The molecule has 0 saturated carbocycles. The van der Waals surface area contributed by atoms with Gasteiger partial charge in [-0.05, 0) is 11.5 Å². The SMILES string of the molecule is CN1NC(O)=CC1C(C)(C)C. The zero-order chi connectivity index (χ0) is 8.65. The van der Waals surface area contributed by atoms with Crippen molar-refractivity contribution in [3.05, 3.63) is 12.0 Å². The summed E-state index contributed by atoms with van der Waals surface area (Å²) in [6, 6.07) is 0.266. The minimum absolute atomic E-state index is 0.159. The molecule has 0 aromatic rings. The largest absolute Gasteiger partial charge is 0.494 e. The van der Waals surface area contributed by atoms with Crippen LogP contribution in [0.5, 0.6) is 0 Å². The molecule has 0 saturated heterocycles. The minimum Gasteiger partial charge on any atom is -0.494 e. The van der Waals surface area contributed by atoms with E-state index >= 15 is 0 Å². The van der Waals surface area contributed by atoms with Gasteiger partial charge >= 0.3 is 0 Å². The zero-order valence-electron chi connectivity index (χ0n) is 7.55. The third-order valence-corrected chi connectivity index (χ3v) is 1.91. The van der Waals surface area contributed by atoms with Crippen LogP contribution in [0, 0.1) is 5.41 Å². The molecule has 0 radical (unpaired) electrons. The third-order valence-electron chi connectivity index (χ3n) is 1.91. The van der Waals surface area contributed by atoms with E-state index in [-0.39, 0.29) is 17.3 Å². The average molecular weight is 156 g/mol. The summed E-state index contributed by atoms with van der Waals surface area (Å²) in [5.74, 6) is 0.257. The van der Waals surface area contributed by atoms with E-state index in [9.17, 15) is 0 Å². The molecule has 64 valence electrons. The maximum Gasteiger partial charge on any atom is 0.196 e. The van der Waals surface area contributed by atoms with Crippen LogP contribution >= 0.6 is 0 Å². The highest BCUT2D eigenvalue weighted by Crippen LogP contribution is 2.26. The van der Waals surface area contributed by atoms with Gasteiger partial charge in [-0.15, -0.1) is 0 Å². The molecule has 2 N–H and O–H groups in total. The highest BCUT2D eigenvalue weighted by molar-refractivity contribution is 5.07. The van der Waals surface area contributed by atoms with Crippen LogP contribution in [-0.2, 0) is 0 Å². The fraction of sp³-hybridized carbons (Fsp3) is 0.750. The Morgan fingerprint density at radius 1 is 1.55 bits per heavy atom. The predicted octanol–water partition coefficient (Wildman–Crippen LogP) is 1.25. The molecule has 3 nitrogen and oxygen atoms in total. The van der Waals surface area contributed by atoms with E-state index in [1.54, 1.807) is 0 Å². The normalized spacial score (nSPS) is 26.5. The minimum atomic E-state index is 0.159. The first kappa shape index (κ1) is 8.40. The first-order chi connectivity index (χ1) is 4.91. The van der Waals surface area contributed by atoms with Crippen LogP contribution < -0.4 is 5.43 Å². The van der Waals surface area contributed by atoms with Crippen LogP contribution in [0.4, 0.5) is 0 Å². The molecule has 1 unspecified atom stereocenters. The van der Waals surface area contributed by atoms with Gasteiger partial charge in [0.15, 0.2) is 5.88 Å². The Labute approximate surface area is 67.7 Å². The van der Waals surface area contributed by atoms with Crippen molar-refractivity contribution in [2.24, 2.45) is 5.41 Å². The lowest BCUT2D eigenvalue weighted by atomic mass is 9.87. The van der Waals surface area contributed by atoms with E-state index in [1.807, 2.05) is 18.1 Å². The number of aliphatic hydroxyl groups excluding tert-OH is 1. The summed E-state index contributed by atoms with van der Waals surface area (Å²) in [6.45, 7) is 6.43. The third kappa shape index (κ3) is 1.66. The van der Waals surface area contributed by atoms with Gasteiger partial charge < -0.3 is 5.11 Å². The summed E-state index contributed by atoms with van der Waals surface area (Å²) < 4.78 is 0. The average Bonchev–Trinajstić information content (AvgIpc) is 2.08. The number of rotatable bonds is 0. The molecule has 0 spiro atoms. The standard InChI is InChI=1S/C8H16N2O/c1-8(2,3)6-5-7(11)9-10(6)4/h5-6,9,11H,1-4H3. The van der Waals surface area contributed by atoms with Crippen LogP contribution in [0.25, 0.3) is 0 Å². The van der Waals surface area contributed by atoms with Gasteiger partial charge in [0.2, 0.25) is 0 Å². The van der Waals surface area contributed by atoms with Gasteiger partial charge in [-0.3, -0.25) is 5.43 Å². The molecule has 0 aliphatic carbocycles. The van der Waals surface area contributed by atoms with Crippen molar-refractivity contribution in [2.45, 2.75) is 26.8 Å². The Bertz CT molecular complexity index is 181. The van der Waals surface area contributed by atoms with E-state index < -0.39 is 0 Å². The summed E-state index contributed by atoms with van der Waals surface area (Å²) >= 11 is 0. The van der Waals surface area contributed by atoms with E-state index in [2.05, 4.69) is 26.2 Å². The van der Waals surface area contributed by atoms with Crippen molar-refractivity contribution in [3.63, 3.8) is 0 Å². The summed E-state index contributed by atoms with van der Waals surface area (Å²) in [4.78, 5) is 0. The Hall–Kier alpha value is -0.700. The molecule has 0 bridgehead atoms. The summed E-state index contributed by atoms with van der Waals surface area (Å²) in [7, 11) is 1.93. The maximum atomic E-state index is 9.14. The number of aliphatic hydroxyl groups is 1. The lowest BCUT2D eigenvalue weighted by Crippen LogP contribution is -2.42. The molecule has 1 heterocycles. The second kappa shape index (κ2) is 2.41. The van der Waals surface area contributed by atoms with Crippen molar-refractivity contribution >= 4 is 0 Å². The lowest BCUT2D eigenvalue weighted by molar-refractivity contribution is 0.133. The number of likely N-dealkylation sites (N-methyl/N-ethyl adjacent to an activating group) is 1. The molecule has 0 aromatic carbocycles. The van der Waals surface area contributed by atoms with Crippen LogP contribution in [0.2, 0.25) is 0 Å². The molecule has 0 aromatic heterocycles. The van der Waals surface area contributed by atoms with Crippen LogP contribution in [0.1, 0.15) is 20.8 Å². The Kier molecular flexibility index (Phi) is 1.84. The van der Waals surface area contributed by atoms with Gasteiger partial charge in [0.25, 0.3) is 0 Å². The molecular weight excluding hydrogens is 140 g/mol. The fourth-order valence-corrected chi connectivity index (χ4v) is 1.38. The quantitative estimate of drug-likeness (QED) is 0.554. The lowest BCUT2D eigenvalue weighted by Gasteiger charge is -2.30. The highest BCUT2D eigenvalue weighted by atomic mass is 16.3. The molecule has 1 aliphatic rings. The summed E-state index contributed by atoms with van der Waals surface area (Å²) in [6.07, 6.45) is 1.83. The van der Waals surface area contributed by atoms with Gasteiger partial charge in [-0.1, -0.05) is 20.8 Å². The number of hydrazine groups is 1. The van der Waals surface area contributed by atoms with Crippen molar-refractivity contribution in [3.8, 4) is 0 Å². The van der Waals surface area contributed by atoms with Gasteiger partial charge in [-0.2, -0.15) is 0 Å². The molecule has 0 fully saturated rings. The molecule has 1 aliphatic heterocycles. The molecular formula is C8H16N2O. The molecule has 3 heteroatoms. The number of nitrogens with one attached hydrogen (secondary N) is 1. The molecule has 1 rings (SSSR count). The smallest absolute Gasteiger partial charge is 0.196 e. The van der Waals surface area contributed by atoms with Crippen molar-refractivity contribution < 1.29 is 5.11 Å². The fourth-order valence-electron chi connectivity index (χ4n) is 1.38. The summed E-state index contributed by atoms with van der Waals surface area (Å²) in [5, 5.41) is 11.1. The highest BCUT2D eigenvalue weighted by Gasteiger charge is 2.31. The number of hydrogen-bond donors (Lipinski definition) is 2. The Balaban J connectivity index is 2.74. The second-order valence-electron chi connectivity index (χ2n) is 4.09. The Morgan fingerprint density at radius 3 is 2.27 bits per heavy atom. The van der Waals surface area contributed by atoms with E-state index in [1.165, 1.54) is 0 Å². The van der Waals surface area contributed by atoms with Gasteiger partial charge in [-0.25, -0.2) is 5.01 Å². The number of hydrogen-bond acceptors (Lipinski definition) is 3. The van der Waals surface area contributed by atoms with E-state index in [4.69, 9.17) is 5.11 Å². The van der Waals surface area contributed by atoms with E-state index in [0.29, 0.717) is 0 Å².